The van der Waals surface area contributed by atoms with Gasteiger partial charge < -0.3 is 10.2 Å². The Balaban J connectivity index is 1.97. The number of anilines is 1. The van der Waals surface area contributed by atoms with E-state index in [1.807, 2.05) is 63.2 Å². The van der Waals surface area contributed by atoms with Gasteiger partial charge in [0, 0.05) is 18.8 Å². The lowest BCUT2D eigenvalue weighted by atomic mass is 10.1. The van der Waals surface area contributed by atoms with Gasteiger partial charge in [0.25, 0.3) is 0 Å². The van der Waals surface area contributed by atoms with E-state index in [-0.39, 0.29) is 18.4 Å². The Hall–Kier alpha value is -2.88. The van der Waals surface area contributed by atoms with Gasteiger partial charge in [-0.2, -0.15) is 0 Å². The number of carbonyl (C=O) groups is 2. The second-order valence-electron chi connectivity index (χ2n) is 6.20. The van der Waals surface area contributed by atoms with E-state index in [4.69, 9.17) is 0 Å². The third kappa shape index (κ3) is 5.05. The summed E-state index contributed by atoms with van der Waals surface area (Å²) in [6, 6.07) is 13.7. The van der Waals surface area contributed by atoms with E-state index in [2.05, 4.69) is 5.32 Å². The number of nitrogens with zero attached hydrogens (tertiary/aromatic N) is 1. The molecule has 0 aliphatic heterocycles. The summed E-state index contributed by atoms with van der Waals surface area (Å²) < 4.78 is 0. The van der Waals surface area contributed by atoms with E-state index < -0.39 is 0 Å². The van der Waals surface area contributed by atoms with Crippen LogP contribution in [0.5, 0.6) is 0 Å². The molecule has 0 aromatic heterocycles. The maximum absolute atomic E-state index is 12.2. The van der Waals surface area contributed by atoms with Gasteiger partial charge in [-0.1, -0.05) is 42.5 Å². The van der Waals surface area contributed by atoms with Crippen molar-refractivity contribution in [2.24, 2.45) is 0 Å². The fourth-order valence-corrected chi connectivity index (χ4v) is 2.55. The molecule has 130 valence electrons. The summed E-state index contributed by atoms with van der Waals surface area (Å²) in [4.78, 5) is 25.8. The van der Waals surface area contributed by atoms with Gasteiger partial charge in [-0.05, 0) is 49.1 Å². The zero-order valence-electron chi connectivity index (χ0n) is 15.2. The molecule has 0 spiro atoms. The van der Waals surface area contributed by atoms with Gasteiger partial charge >= 0.3 is 0 Å². The molecule has 2 amide bonds. The Labute approximate surface area is 149 Å². The van der Waals surface area contributed by atoms with Crippen LogP contribution in [0.4, 0.5) is 5.69 Å². The second kappa shape index (κ2) is 8.29. The van der Waals surface area contributed by atoms with E-state index >= 15 is 0 Å². The number of hydrogen-bond acceptors (Lipinski definition) is 2. The number of rotatable bonds is 5. The fraction of sp³-hybridized carbons (Fsp3) is 0.238. The maximum Gasteiger partial charge on any atom is 0.246 e. The zero-order chi connectivity index (χ0) is 18.4. The van der Waals surface area contributed by atoms with Gasteiger partial charge in [0.15, 0.2) is 0 Å². The summed E-state index contributed by atoms with van der Waals surface area (Å²) in [6.45, 7) is 5.89. The second-order valence-corrected chi connectivity index (χ2v) is 6.20. The summed E-state index contributed by atoms with van der Waals surface area (Å²) in [6.07, 6.45) is 3.27. The first-order valence-corrected chi connectivity index (χ1v) is 8.23. The average molecular weight is 336 g/mol. The normalized spacial score (nSPS) is 10.7. The van der Waals surface area contributed by atoms with Gasteiger partial charge in [-0.3, -0.25) is 9.59 Å². The van der Waals surface area contributed by atoms with Crippen LogP contribution in [0.15, 0.2) is 48.5 Å². The summed E-state index contributed by atoms with van der Waals surface area (Å²) in [5.41, 5.74) is 4.90. The number of carbonyl (C=O) groups excluding carboxylic acids is 2. The van der Waals surface area contributed by atoms with Crippen molar-refractivity contribution in [2.75, 3.05) is 18.9 Å². The Kier molecular flexibility index (Phi) is 6.12. The number of aryl methyl sites for hydroxylation is 3. The maximum atomic E-state index is 12.2. The molecule has 2 aromatic carbocycles. The summed E-state index contributed by atoms with van der Waals surface area (Å²) in [5, 5.41) is 2.89. The molecule has 0 heterocycles. The number of para-hydroxylation sites is 1. The standard InChI is InChI=1S/C21H24N2O2/c1-15-8-5-6-11-18(15)12-13-20(25)23(4)14-19(24)22-21-16(2)9-7-10-17(21)3/h5-13H,14H2,1-4H3,(H,22,24)/b13-12+. The number of likely N-dealkylation sites (N-methyl/N-ethyl adjacent to an activating group) is 1. The monoisotopic (exact) mass is 336 g/mol. The molecule has 0 aliphatic carbocycles. The molecule has 2 aromatic rings. The van der Waals surface area contributed by atoms with Crippen molar-refractivity contribution in [3.05, 3.63) is 70.8 Å². The van der Waals surface area contributed by atoms with Crippen LogP contribution < -0.4 is 5.32 Å². The van der Waals surface area contributed by atoms with Crippen LogP contribution in [0.2, 0.25) is 0 Å². The van der Waals surface area contributed by atoms with Crippen molar-refractivity contribution in [1.82, 2.24) is 4.90 Å². The first kappa shape index (κ1) is 18.5. The molecule has 4 heteroatoms. The van der Waals surface area contributed by atoms with Crippen LogP contribution >= 0.6 is 0 Å². The molecule has 0 bridgehead atoms. The number of benzene rings is 2. The topological polar surface area (TPSA) is 49.4 Å². The third-order valence-electron chi connectivity index (χ3n) is 4.10. The lowest BCUT2D eigenvalue weighted by Gasteiger charge is -2.16. The van der Waals surface area contributed by atoms with Crippen molar-refractivity contribution in [1.29, 1.82) is 0 Å². The van der Waals surface area contributed by atoms with E-state index in [9.17, 15) is 9.59 Å². The summed E-state index contributed by atoms with van der Waals surface area (Å²) in [5.74, 6) is -0.419. The number of nitrogens with one attached hydrogen (secondary N) is 1. The molecule has 0 saturated carbocycles. The highest BCUT2D eigenvalue weighted by atomic mass is 16.2. The Morgan fingerprint density at radius 3 is 2.20 bits per heavy atom. The van der Waals surface area contributed by atoms with Crippen LogP contribution in [-0.4, -0.2) is 30.3 Å². The van der Waals surface area contributed by atoms with Gasteiger partial charge in [0.05, 0.1) is 6.54 Å². The minimum absolute atomic E-state index is 0.00468. The van der Waals surface area contributed by atoms with E-state index in [1.165, 1.54) is 11.0 Å². The molecule has 0 aliphatic rings. The minimum Gasteiger partial charge on any atom is -0.333 e. The van der Waals surface area contributed by atoms with Gasteiger partial charge in [-0.15, -0.1) is 0 Å². The fourth-order valence-electron chi connectivity index (χ4n) is 2.55. The number of amides is 2. The van der Waals surface area contributed by atoms with Gasteiger partial charge in [0.2, 0.25) is 11.8 Å². The summed E-state index contributed by atoms with van der Waals surface area (Å²) >= 11 is 0. The predicted octanol–water partition coefficient (Wildman–Crippen LogP) is 3.72. The minimum atomic E-state index is -0.211. The Morgan fingerprint density at radius 1 is 0.960 bits per heavy atom. The number of hydrogen-bond donors (Lipinski definition) is 1. The summed E-state index contributed by atoms with van der Waals surface area (Å²) in [7, 11) is 1.62. The highest BCUT2D eigenvalue weighted by Gasteiger charge is 2.12. The molecule has 1 N–H and O–H groups in total. The Morgan fingerprint density at radius 2 is 1.56 bits per heavy atom. The van der Waals surface area contributed by atoms with Crippen molar-refractivity contribution in [2.45, 2.75) is 20.8 Å². The molecule has 0 unspecified atom stereocenters. The van der Waals surface area contributed by atoms with Crippen molar-refractivity contribution >= 4 is 23.6 Å². The van der Waals surface area contributed by atoms with Gasteiger partial charge in [-0.25, -0.2) is 0 Å². The van der Waals surface area contributed by atoms with E-state index in [0.29, 0.717) is 0 Å². The molecule has 25 heavy (non-hydrogen) atoms. The van der Waals surface area contributed by atoms with Crippen molar-refractivity contribution < 1.29 is 9.59 Å². The van der Waals surface area contributed by atoms with Crippen LogP contribution in [0, 0.1) is 20.8 Å². The van der Waals surface area contributed by atoms with Crippen molar-refractivity contribution in [3.8, 4) is 0 Å². The quantitative estimate of drug-likeness (QED) is 0.846. The van der Waals surface area contributed by atoms with Crippen LogP contribution in [0.25, 0.3) is 6.08 Å². The van der Waals surface area contributed by atoms with Crippen LogP contribution in [-0.2, 0) is 9.59 Å². The van der Waals surface area contributed by atoms with E-state index in [1.54, 1.807) is 13.1 Å². The highest BCUT2D eigenvalue weighted by molar-refractivity contribution is 5.98. The molecule has 0 atom stereocenters. The Bertz CT molecular complexity index is 789. The smallest absolute Gasteiger partial charge is 0.246 e. The van der Waals surface area contributed by atoms with Gasteiger partial charge in [0.1, 0.15) is 0 Å². The first-order valence-electron chi connectivity index (χ1n) is 8.23. The lowest BCUT2D eigenvalue weighted by Crippen LogP contribution is -2.34. The molecule has 0 fully saturated rings. The molecule has 0 saturated heterocycles. The van der Waals surface area contributed by atoms with E-state index in [0.717, 1.165) is 27.9 Å². The lowest BCUT2D eigenvalue weighted by molar-refractivity contribution is -0.129. The van der Waals surface area contributed by atoms with Crippen LogP contribution in [0.3, 0.4) is 0 Å². The van der Waals surface area contributed by atoms with Crippen LogP contribution in [0.1, 0.15) is 22.3 Å². The highest BCUT2D eigenvalue weighted by Crippen LogP contribution is 2.19. The predicted molar refractivity (Wildman–Crippen MR) is 102 cm³/mol. The third-order valence-corrected chi connectivity index (χ3v) is 4.10. The molecule has 2 rings (SSSR count). The first-order chi connectivity index (χ1) is 11.9. The largest absolute Gasteiger partial charge is 0.333 e. The zero-order valence-corrected chi connectivity index (χ0v) is 15.2. The average Bonchev–Trinajstić information content (AvgIpc) is 2.57. The molecular weight excluding hydrogens is 312 g/mol. The SMILES string of the molecule is Cc1ccccc1/C=C/C(=O)N(C)CC(=O)Nc1c(C)cccc1C. The molecule has 4 nitrogen and oxygen atoms in total. The molecular formula is C21H24N2O2. The molecule has 0 radical (unpaired) electrons. The van der Waals surface area contributed by atoms with Crippen molar-refractivity contribution in [3.63, 3.8) is 0 Å².